The lowest BCUT2D eigenvalue weighted by Crippen LogP contribution is -2.15. The molecule has 2 heterocycles. The Kier molecular flexibility index (Phi) is 4.61. The molecule has 6 heteroatoms. The van der Waals surface area contributed by atoms with Gasteiger partial charge in [-0.05, 0) is 42.3 Å². The van der Waals surface area contributed by atoms with Gasteiger partial charge in [-0.2, -0.15) is 0 Å². The van der Waals surface area contributed by atoms with Gasteiger partial charge in [0.1, 0.15) is 6.42 Å². The Labute approximate surface area is 156 Å². The van der Waals surface area contributed by atoms with Crippen molar-refractivity contribution in [2.45, 2.75) is 19.8 Å². The molecular formula is C21H18N4O2. The van der Waals surface area contributed by atoms with Crippen LogP contribution in [0, 0.1) is 0 Å². The van der Waals surface area contributed by atoms with Crippen molar-refractivity contribution in [2.24, 2.45) is 0 Å². The summed E-state index contributed by atoms with van der Waals surface area (Å²) in [5.41, 5.74) is 3.59. The predicted octanol–water partition coefficient (Wildman–Crippen LogP) is 4.03. The molecule has 4 rings (SSSR count). The number of hydrogen-bond acceptors (Lipinski definition) is 5. The zero-order valence-corrected chi connectivity index (χ0v) is 14.8. The summed E-state index contributed by atoms with van der Waals surface area (Å²) in [7, 11) is 0. The van der Waals surface area contributed by atoms with Gasteiger partial charge in [-0.3, -0.25) is 9.78 Å². The molecule has 134 valence electrons. The van der Waals surface area contributed by atoms with Crippen LogP contribution >= 0.6 is 0 Å². The molecular weight excluding hydrogens is 340 g/mol. The molecule has 0 aliphatic heterocycles. The summed E-state index contributed by atoms with van der Waals surface area (Å²) in [6.07, 6.45) is 2.63. The first-order valence-corrected chi connectivity index (χ1v) is 8.78. The molecule has 0 radical (unpaired) electrons. The number of carbonyl (C=O) groups is 1. The van der Waals surface area contributed by atoms with E-state index in [1.165, 1.54) is 0 Å². The van der Waals surface area contributed by atoms with E-state index < -0.39 is 0 Å². The summed E-state index contributed by atoms with van der Waals surface area (Å²) in [4.78, 5) is 16.6. The molecule has 2 aromatic heterocycles. The summed E-state index contributed by atoms with van der Waals surface area (Å²) in [6.45, 7) is 2.05. The van der Waals surface area contributed by atoms with Gasteiger partial charge in [0.05, 0.1) is 5.52 Å². The van der Waals surface area contributed by atoms with Gasteiger partial charge in [0.15, 0.2) is 0 Å². The van der Waals surface area contributed by atoms with Gasteiger partial charge in [0.25, 0.3) is 0 Å². The minimum Gasteiger partial charge on any atom is -0.420 e. The highest BCUT2D eigenvalue weighted by Crippen LogP contribution is 2.23. The highest BCUT2D eigenvalue weighted by atomic mass is 16.4. The molecule has 1 N–H and O–H groups in total. The van der Waals surface area contributed by atoms with Crippen molar-refractivity contribution < 1.29 is 9.21 Å². The van der Waals surface area contributed by atoms with Gasteiger partial charge in [0.2, 0.25) is 17.7 Å². The smallest absolute Gasteiger partial charge is 0.247 e. The van der Waals surface area contributed by atoms with E-state index in [4.69, 9.17) is 4.42 Å². The normalized spacial score (nSPS) is 10.9. The van der Waals surface area contributed by atoms with E-state index in [0.717, 1.165) is 34.1 Å². The average molecular weight is 358 g/mol. The van der Waals surface area contributed by atoms with E-state index in [2.05, 4.69) is 20.5 Å². The molecule has 4 aromatic rings. The number of para-hydroxylation sites is 1. The average Bonchev–Trinajstić information content (AvgIpc) is 3.16. The number of nitrogens with one attached hydrogen (secondary N) is 1. The van der Waals surface area contributed by atoms with Crippen molar-refractivity contribution in [3.8, 4) is 11.5 Å². The van der Waals surface area contributed by atoms with E-state index in [1.807, 2.05) is 61.5 Å². The minimum absolute atomic E-state index is 0.0280. The Hall–Kier alpha value is -3.54. The topological polar surface area (TPSA) is 80.9 Å². The first kappa shape index (κ1) is 16.9. The summed E-state index contributed by atoms with van der Waals surface area (Å²) in [6, 6.07) is 17.3. The van der Waals surface area contributed by atoms with Crippen molar-refractivity contribution in [1.29, 1.82) is 0 Å². The number of anilines is 1. The van der Waals surface area contributed by atoms with Crippen LogP contribution in [0.15, 0.2) is 65.2 Å². The number of fused-ring (bicyclic) bond motifs is 1. The number of amides is 1. The van der Waals surface area contributed by atoms with Crippen molar-refractivity contribution in [2.75, 3.05) is 5.32 Å². The third kappa shape index (κ3) is 3.69. The van der Waals surface area contributed by atoms with E-state index in [1.54, 1.807) is 6.20 Å². The number of rotatable bonds is 5. The van der Waals surface area contributed by atoms with Gasteiger partial charge in [-0.25, -0.2) is 0 Å². The zero-order valence-electron chi connectivity index (χ0n) is 14.8. The van der Waals surface area contributed by atoms with Crippen LogP contribution in [0.4, 0.5) is 5.69 Å². The Balaban J connectivity index is 1.49. The minimum atomic E-state index is -0.186. The van der Waals surface area contributed by atoms with Gasteiger partial charge in [-0.15, -0.1) is 10.2 Å². The van der Waals surface area contributed by atoms with E-state index in [0.29, 0.717) is 5.89 Å². The highest BCUT2D eigenvalue weighted by molar-refractivity contribution is 5.92. The predicted molar refractivity (Wildman–Crippen MR) is 103 cm³/mol. The van der Waals surface area contributed by atoms with E-state index in [9.17, 15) is 4.79 Å². The molecule has 0 unspecified atom stereocenters. The Morgan fingerprint density at radius 3 is 2.85 bits per heavy atom. The lowest BCUT2D eigenvalue weighted by atomic mass is 10.1. The zero-order chi connectivity index (χ0) is 18.6. The number of carbonyl (C=O) groups excluding carboxylic acids is 1. The summed E-state index contributed by atoms with van der Waals surface area (Å²) in [5, 5.41) is 12.0. The van der Waals surface area contributed by atoms with Gasteiger partial charge in [-0.1, -0.05) is 31.2 Å². The molecule has 0 fully saturated rings. The standard InChI is InChI=1S/C21H18N4O2/c1-2-14-6-3-4-8-18(14)23-19(26)13-20-24-25-21(27-20)16-9-10-17-15(12-16)7-5-11-22-17/h3-12H,2,13H2,1H3,(H,23,26). The first-order chi connectivity index (χ1) is 13.2. The largest absolute Gasteiger partial charge is 0.420 e. The monoisotopic (exact) mass is 358 g/mol. The van der Waals surface area contributed by atoms with Crippen LogP contribution in [0.5, 0.6) is 0 Å². The molecule has 0 saturated heterocycles. The Bertz CT molecular complexity index is 1100. The molecule has 2 aromatic carbocycles. The van der Waals surface area contributed by atoms with Gasteiger partial charge < -0.3 is 9.73 Å². The fraction of sp³-hybridized carbons (Fsp3) is 0.143. The summed E-state index contributed by atoms with van der Waals surface area (Å²) >= 11 is 0. The lowest BCUT2D eigenvalue weighted by molar-refractivity contribution is -0.115. The fourth-order valence-electron chi connectivity index (χ4n) is 2.93. The highest BCUT2D eigenvalue weighted by Gasteiger charge is 2.14. The van der Waals surface area contributed by atoms with Crippen LogP contribution < -0.4 is 5.32 Å². The summed E-state index contributed by atoms with van der Waals surface area (Å²) in [5.74, 6) is 0.481. The van der Waals surface area contributed by atoms with Crippen LogP contribution in [-0.2, 0) is 17.6 Å². The van der Waals surface area contributed by atoms with Crippen LogP contribution in [0.25, 0.3) is 22.4 Å². The third-order valence-electron chi connectivity index (χ3n) is 4.30. The van der Waals surface area contributed by atoms with E-state index in [-0.39, 0.29) is 18.2 Å². The molecule has 0 aliphatic carbocycles. The van der Waals surface area contributed by atoms with Crippen molar-refractivity contribution in [3.63, 3.8) is 0 Å². The molecule has 0 spiro atoms. The quantitative estimate of drug-likeness (QED) is 0.582. The lowest BCUT2D eigenvalue weighted by Gasteiger charge is -2.08. The molecule has 27 heavy (non-hydrogen) atoms. The third-order valence-corrected chi connectivity index (χ3v) is 4.30. The molecule has 6 nitrogen and oxygen atoms in total. The van der Waals surface area contributed by atoms with Crippen LogP contribution in [0.1, 0.15) is 18.4 Å². The number of aryl methyl sites for hydroxylation is 1. The molecule has 0 bridgehead atoms. The number of hydrogen-bond donors (Lipinski definition) is 1. The van der Waals surface area contributed by atoms with E-state index >= 15 is 0 Å². The Morgan fingerprint density at radius 1 is 1.07 bits per heavy atom. The number of pyridine rings is 1. The van der Waals surface area contributed by atoms with Gasteiger partial charge in [0, 0.05) is 22.8 Å². The van der Waals surface area contributed by atoms with Crippen LogP contribution in [0.3, 0.4) is 0 Å². The second kappa shape index (κ2) is 7.37. The molecule has 0 saturated carbocycles. The molecule has 1 amide bonds. The summed E-state index contributed by atoms with van der Waals surface area (Å²) < 4.78 is 5.68. The number of benzene rings is 2. The maximum Gasteiger partial charge on any atom is 0.247 e. The molecule has 0 aliphatic rings. The van der Waals surface area contributed by atoms with Gasteiger partial charge >= 0.3 is 0 Å². The second-order valence-electron chi connectivity index (χ2n) is 6.15. The van der Waals surface area contributed by atoms with Crippen LogP contribution in [-0.4, -0.2) is 21.1 Å². The fourth-order valence-corrected chi connectivity index (χ4v) is 2.93. The van der Waals surface area contributed by atoms with Crippen molar-refractivity contribution in [1.82, 2.24) is 15.2 Å². The van der Waals surface area contributed by atoms with Crippen LogP contribution in [0.2, 0.25) is 0 Å². The van der Waals surface area contributed by atoms with Crippen molar-refractivity contribution in [3.05, 3.63) is 72.2 Å². The number of nitrogens with zero attached hydrogens (tertiary/aromatic N) is 3. The maximum atomic E-state index is 12.3. The Morgan fingerprint density at radius 2 is 1.96 bits per heavy atom. The first-order valence-electron chi connectivity index (χ1n) is 8.78. The molecule has 0 atom stereocenters. The maximum absolute atomic E-state index is 12.3. The van der Waals surface area contributed by atoms with Crippen molar-refractivity contribution >= 4 is 22.5 Å². The second-order valence-corrected chi connectivity index (χ2v) is 6.15. The number of aromatic nitrogens is 3. The SMILES string of the molecule is CCc1ccccc1NC(=O)Cc1nnc(-c2ccc3ncccc3c2)o1.